The van der Waals surface area contributed by atoms with Crippen LogP contribution in [0.15, 0.2) is 24.3 Å². The Bertz CT molecular complexity index is 828. The van der Waals surface area contributed by atoms with Crippen molar-refractivity contribution in [1.29, 1.82) is 0 Å². The third kappa shape index (κ3) is 6.76. The van der Waals surface area contributed by atoms with Gasteiger partial charge in [0.15, 0.2) is 0 Å². The summed E-state index contributed by atoms with van der Waals surface area (Å²) >= 11 is 0. The molecule has 3 fully saturated rings. The second-order valence-corrected chi connectivity index (χ2v) is 10.9. The lowest BCUT2D eigenvalue weighted by atomic mass is 10.0. The zero-order chi connectivity index (χ0) is 24.8. The van der Waals surface area contributed by atoms with E-state index in [1.807, 2.05) is 24.3 Å². The molecule has 4 rings (SSSR count). The van der Waals surface area contributed by atoms with E-state index in [0.29, 0.717) is 24.6 Å². The molecule has 1 aromatic rings. The van der Waals surface area contributed by atoms with Crippen LogP contribution < -0.4 is 10.2 Å². The van der Waals surface area contributed by atoms with Crippen molar-refractivity contribution in [3.63, 3.8) is 0 Å². The first-order valence-electron chi connectivity index (χ1n) is 13.8. The Morgan fingerprint density at radius 2 is 1.66 bits per heavy atom. The van der Waals surface area contributed by atoms with Gasteiger partial charge in [0.05, 0.1) is 6.54 Å². The van der Waals surface area contributed by atoms with E-state index < -0.39 is 0 Å². The van der Waals surface area contributed by atoms with E-state index in [1.165, 1.54) is 19.3 Å². The van der Waals surface area contributed by atoms with Crippen molar-refractivity contribution in [1.82, 2.24) is 20.0 Å². The van der Waals surface area contributed by atoms with E-state index in [9.17, 15) is 9.59 Å². The van der Waals surface area contributed by atoms with Crippen LogP contribution in [0.25, 0.3) is 0 Å². The lowest BCUT2D eigenvalue weighted by Gasteiger charge is -2.41. The van der Waals surface area contributed by atoms with E-state index in [4.69, 9.17) is 0 Å². The first-order chi connectivity index (χ1) is 16.9. The normalized spacial score (nSPS) is 25.0. The van der Waals surface area contributed by atoms with Crippen molar-refractivity contribution in [2.24, 2.45) is 11.8 Å². The molecule has 3 aliphatic rings. The van der Waals surface area contributed by atoms with Gasteiger partial charge in [-0.1, -0.05) is 33.6 Å². The smallest absolute Gasteiger partial charge is 0.251 e. The molecule has 1 aromatic carbocycles. The average molecular weight is 484 g/mol. The molecule has 0 spiro atoms. The monoisotopic (exact) mass is 483 g/mol. The van der Waals surface area contributed by atoms with Gasteiger partial charge in [0.25, 0.3) is 5.91 Å². The molecular formula is C28H45N5O2. The number of benzene rings is 1. The summed E-state index contributed by atoms with van der Waals surface area (Å²) < 4.78 is 0. The van der Waals surface area contributed by atoms with Crippen LogP contribution in [-0.4, -0.2) is 98.0 Å². The van der Waals surface area contributed by atoms with Crippen LogP contribution in [0.4, 0.5) is 5.69 Å². The summed E-state index contributed by atoms with van der Waals surface area (Å²) in [4.78, 5) is 34.6. The van der Waals surface area contributed by atoms with Gasteiger partial charge in [0.2, 0.25) is 5.91 Å². The fourth-order valence-corrected chi connectivity index (χ4v) is 5.76. The summed E-state index contributed by atoms with van der Waals surface area (Å²) in [6, 6.07) is 8.66. The Kier molecular flexibility index (Phi) is 9.06. The predicted molar refractivity (Wildman–Crippen MR) is 142 cm³/mol. The van der Waals surface area contributed by atoms with Crippen molar-refractivity contribution in [2.75, 3.05) is 70.3 Å². The molecule has 3 unspecified atom stereocenters. The largest absolute Gasteiger partial charge is 0.369 e. The molecule has 0 aromatic heterocycles. The number of rotatable bonds is 8. The molecule has 35 heavy (non-hydrogen) atoms. The third-order valence-electron chi connectivity index (χ3n) is 8.49. The fraction of sp³-hybridized carbons (Fsp3) is 0.714. The molecule has 2 aliphatic heterocycles. The van der Waals surface area contributed by atoms with Gasteiger partial charge in [0, 0.05) is 76.2 Å². The van der Waals surface area contributed by atoms with E-state index in [2.05, 4.69) is 45.7 Å². The number of piperazine rings is 2. The lowest BCUT2D eigenvalue weighted by Crippen LogP contribution is -2.55. The Labute approximate surface area is 211 Å². The molecule has 2 saturated heterocycles. The van der Waals surface area contributed by atoms with Crippen molar-refractivity contribution < 1.29 is 9.59 Å². The average Bonchev–Trinajstić information content (AvgIpc) is 3.33. The number of hydrogen-bond donors (Lipinski definition) is 1. The SMILES string of the molecule is CCC(C)CNC(=O)c1ccc(N2CCN(CC(=O)N3CCN(C4CCCC4C)CC3)CC2)cc1. The van der Waals surface area contributed by atoms with Gasteiger partial charge in [-0.15, -0.1) is 0 Å². The van der Waals surface area contributed by atoms with E-state index in [-0.39, 0.29) is 11.8 Å². The Morgan fingerprint density at radius 3 is 2.26 bits per heavy atom. The topological polar surface area (TPSA) is 59.1 Å². The first-order valence-corrected chi connectivity index (χ1v) is 13.8. The minimum absolute atomic E-state index is 0.00114. The molecule has 1 saturated carbocycles. The van der Waals surface area contributed by atoms with Gasteiger partial charge in [-0.2, -0.15) is 0 Å². The summed E-state index contributed by atoms with van der Waals surface area (Å²) in [5.41, 5.74) is 1.86. The highest BCUT2D eigenvalue weighted by atomic mass is 16.2. The second-order valence-electron chi connectivity index (χ2n) is 10.9. The number of hydrogen-bond acceptors (Lipinski definition) is 5. The maximum atomic E-state index is 12.9. The predicted octanol–water partition coefficient (Wildman–Crippen LogP) is 2.92. The van der Waals surface area contributed by atoms with Crippen LogP contribution >= 0.6 is 0 Å². The first kappa shape index (κ1) is 26.0. The summed E-state index contributed by atoms with van der Waals surface area (Å²) in [6.45, 7) is 15.3. The maximum absolute atomic E-state index is 12.9. The Balaban J connectivity index is 1.18. The molecule has 1 N–H and O–H groups in total. The Morgan fingerprint density at radius 1 is 0.971 bits per heavy atom. The van der Waals surface area contributed by atoms with E-state index in [1.54, 1.807) is 0 Å². The molecule has 0 radical (unpaired) electrons. The van der Waals surface area contributed by atoms with Gasteiger partial charge in [-0.05, 0) is 48.9 Å². The summed E-state index contributed by atoms with van der Waals surface area (Å²) in [5.74, 6) is 1.58. The fourth-order valence-electron chi connectivity index (χ4n) is 5.76. The third-order valence-corrected chi connectivity index (χ3v) is 8.49. The summed E-state index contributed by atoms with van der Waals surface area (Å²) in [7, 11) is 0. The highest BCUT2D eigenvalue weighted by Crippen LogP contribution is 2.30. The highest BCUT2D eigenvalue weighted by Gasteiger charge is 2.32. The van der Waals surface area contributed by atoms with Crippen LogP contribution in [-0.2, 0) is 4.79 Å². The van der Waals surface area contributed by atoms with Gasteiger partial charge >= 0.3 is 0 Å². The van der Waals surface area contributed by atoms with Crippen molar-refractivity contribution in [3.05, 3.63) is 29.8 Å². The minimum Gasteiger partial charge on any atom is -0.369 e. The minimum atomic E-state index is -0.00114. The lowest BCUT2D eigenvalue weighted by molar-refractivity contribution is -0.134. The molecule has 1 aliphatic carbocycles. The molecular weight excluding hydrogens is 438 g/mol. The number of carbonyl (C=O) groups excluding carboxylic acids is 2. The molecule has 0 bridgehead atoms. The van der Waals surface area contributed by atoms with Crippen LogP contribution in [0, 0.1) is 11.8 Å². The van der Waals surface area contributed by atoms with Gasteiger partial charge in [-0.3, -0.25) is 19.4 Å². The number of nitrogens with one attached hydrogen (secondary N) is 1. The molecule has 3 atom stereocenters. The Hall–Kier alpha value is -2.12. The standard InChI is InChI=1S/C28H45N5O2/c1-4-22(2)20-29-28(35)24-8-10-25(11-9-24)31-14-12-30(13-15-31)21-27(34)33-18-16-32(17-19-33)26-7-5-6-23(26)3/h8-11,22-23,26H,4-7,12-21H2,1-3H3,(H,29,35). The second kappa shape index (κ2) is 12.2. The summed E-state index contributed by atoms with van der Waals surface area (Å²) in [5, 5.41) is 3.02. The molecule has 2 heterocycles. The number of nitrogens with zero attached hydrogens (tertiary/aromatic N) is 4. The zero-order valence-corrected chi connectivity index (χ0v) is 22.0. The zero-order valence-electron chi connectivity index (χ0n) is 22.0. The molecule has 7 nitrogen and oxygen atoms in total. The number of carbonyl (C=O) groups is 2. The van der Waals surface area contributed by atoms with Crippen LogP contribution in [0.1, 0.15) is 56.8 Å². The summed E-state index contributed by atoms with van der Waals surface area (Å²) in [6.07, 6.45) is 5.10. The van der Waals surface area contributed by atoms with Crippen LogP contribution in [0.3, 0.4) is 0 Å². The van der Waals surface area contributed by atoms with Crippen LogP contribution in [0.2, 0.25) is 0 Å². The van der Waals surface area contributed by atoms with Gasteiger partial charge in [-0.25, -0.2) is 0 Å². The highest BCUT2D eigenvalue weighted by molar-refractivity contribution is 5.94. The van der Waals surface area contributed by atoms with Gasteiger partial charge in [0.1, 0.15) is 0 Å². The van der Waals surface area contributed by atoms with Crippen molar-refractivity contribution >= 4 is 17.5 Å². The maximum Gasteiger partial charge on any atom is 0.251 e. The van der Waals surface area contributed by atoms with E-state index in [0.717, 1.165) is 76.4 Å². The van der Waals surface area contributed by atoms with E-state index >= 15 is 0 Å². The number of amides is 2. The molecule has 7 heteroatoms. The van der Waals surface area contributed by atoms with Crippen molar-refractivity contribution in [3.8, 4) is 0 Å². The van der Waals surface area contributed by atoms with Crippen LogP contribution in [0.5, 0.6) is 0 Å². The van der Waals surface area contributed by atoms with Crippen molar-refractivity contribution in [2.45, 2.75) is 52.5 Å². The molecule has 2 amide bonds. The molecule has 194 valence electrons. The van der Waals surface area contributed by atoms with Gasteiger partial charge < -0.3 is 15.1 Å². The number of anilines is 1. The quantitative estimate of drug-likeness (QED) is 0.616.